The molecule has 4 nitrogen and oxygen atoms in total. The Labute approximate surface area is 108 Å². The summed E-state index contributed by atoms with van der Waals surface area (Å²) in [6, 6.07) is 6.59. The fourth-order valence-electron chi connectivity index (χ4n) is 1.95. The van der Waals surface area contributed by atoms with Crippen molar-refractivity contribution in [2.75, 3.05) is 0 Å². The first-order valence-corrected chi connectivity index (χ1v) is 6.29. The second-order valence-electron chi connectivity index (χ2n) is 4.62. The summed E-state index contributed by atoms with van der Waals surface area (Å²) in [6.45, 7) is 3.95. The number of hydrogen-bond donors (Lipinski definition) is 3. The highest BCUT2D eigenvalue weighted by atomic mass is 16.4. The van der Waals surface area contributed by atoms with E-state index in [1.807, 2.05) is 26.0 Å². The Hall–Kier alpha value is -1.55. The summed E-state index contributed by atoms with van der Waals surface area (Å²) in [4.78, 5) is 11.0. The fourth-order valence-corrected chi connectivity index (χ4v) is 1.95. The van der Waals surface area contributed by atoms with E-state index >= 15 is 0 Å². The van der Waals surface area contributed by atoms with E-state index in [1.165, 1.54) is 0 Å². The maximum Gasteiger partial charge on any atom is 0.320 e. The van der Waals surface area contributed by atoms with Gasteiger partial charge in [0.05, 0.1) is 0 Å². The third kappa shape index (κ3) is 4.75. The molecular formula is C14H21NO3. The van der Waals surface area contributed by atoms with Gasteiger partial charge in [0, 0.05) is 6.04 Å². The van der Waals surface area contributed by atoms with E-state index in [-0.39, 0.29) is 11.8 Å². The summed E-state index contributed by atoms with van der Waals surface area (Å²) in [6.07, 6.45) is 2.22. The van der Waals surface area contributed by atoms with Gasteiger partial charge in [-0.25, -0.2) is 0 Å². The second-order valence-corrected chi connectivity index (χ2v) is 4.62. The van der Waals surface area contributed by atoms with Crippen LogP contribution < -0.4 is 5.32 Å². The zero-order valence-corrected chi connectivity index (χ0v) is 10.9. The van der Waals surface area contributed by atoms with Crippen LogP contribution in [0.4, 0.5) is 0 Å². The molecule has 100 valence electrons. The number of phenolic OH excluding ortho intramolecular Hbond substituents is 1. The van der Waals surface area contributed by atoms with Crippen molar-refractivity contribution in [1.82, 2.24) is 5.32 Å². The molecule has 0 fully saturated rings. The molecule has 0 saturated carbocycles. The number of nitrogens with one attached hydrogen (secondary N) is 1. The quantitative estimate of drug-likeness (QED) is 0.694. The molecular weight excluding hydrogens is 230 g/mol. The van der Waals surface area contributed by atoms with Gasteiger partial charge in [-0.3, -0.25) is 4.79 Å². The fraction of sp³-hybridized carbons (Fsp3) is 0.500. The number of phenols is 1. The molecule has 18 heavy (non-hydrogen) atoms. The number of hydrogen-bond acceptors (Lipinski definition) is 3. The van der Waals surface area contributed by atoms with Gasteiger partial charge in [0.2, 0.25) is 0 Å². The van der Waals surface area contributed by atoms with Gasteiger partial charge in [0.1, 0.15) is 11.8 Å². The highest BCUT2D eigenvalue weighted by molar-refractivity contribution is 5.73. The van der Waals surface area contributed by atoms with E-state index in [0.717, 1.165) is 18.4 Å². The minimum atomic E-state index is -0.797. The van der Waals surface area contributed by atoms with Crippen LogP contribution in [0, 0.1) is 0 Å². The topological polar surface area (TPSA) is 69.6 Å². The van der Waals surface area contributed by atoms with Crippen molar-refractivity contribution in [3.05, 3.63) is 29.8 Å². The molecule has 0 aliphatic heterocycles. The number of rotatable bonds is 7. The first-order chi connectivity index (χ1) is 8.52. The normalized spacial score (nSPS) is 14.1. The van der Waals surface area contributed by atoms with E-state index in [0.29, 0.717) is 6.42 Å². The van der Waals surface area contributed by atoms with E-state index in [4.69, 9.17) is 5.11 Å². The van der Waals surface area contributed by atoms with Crippen molar-refractivity contribution in [3.63, 3.8) is 0 Å². The third-order valence-corrected chi connectivity index (χ3v) is 2.84. The van der Waals surface area contributed by atoms with Crippen LogP contribution in [0.2, 0.25) is 0 Å². The maximum atomic E-state index is 11.0. The van der Waals surface area contributed by atoms with Gasteiger partial charge in [0.15, 0.2) is 0 Å². The van der Waals surface area contributed by atoms with Crippen LogP contribution in [0.25, 0.3) is 0 Å². The predicted molar refractivity (Wildman–Crippen MR) is 70.7 cm³/mol. The molecule has 1 aromatic carbocycles. The van der Waals surface area contributed by atoms with Gasteiger partial charge in [-0.05, 0) is 37.5 Å². The number of aromatic hydroxyl groups is 1. The lowest BCUT2D eigenvalue weighted by Crippen LogP contribution is -2.42. The summed E-state index contributed by atoms with van der Waals surface area (Å²) in [5.74, 6) is -0.553. The average molecular weight is 251 g/mol. The average Bonchev–Trinajstić information content (AvgIpc) is 2.31. The molecule has 2 atom stereocenters. The standard InChI is InChI=1S/C14H21NO3/c1-3-4-13(14(17)18)15-10(2)9-11-5-7-12(16)8-6-11/h5-8,10,13,15-16H,3-4,9H2,1-2H3,(H,17,18). The molecule has 1 aromatic rings. The van der Waals surface area contributed by atoms with Gasteiger partial charge >= 0.3 is 5.97 Å². The van der Waals surface area contributed by atoms with E-state index in [9.17, 15) is 9.90 Å². The van der Waals surface area contributed by atoms with Crippen molar-refractivity contribution in [2.45, 2.75) is 45.2 Å². The zero-order chi connectivity index (χ0) is 13.5. The highest BCUT2D eigenvalue weighted by Gasteiger charge is 2.18. The molecule has 0 saturated heterocycles. The number of aliphatic carboxylic acids is 1. The second kappa shape index (κ2) is 7.01. The van der Waals surface area contributed by atoms with Crippen LogP contribution in [0.5, 0.6) is 5.75 Å². The Balaban J connectivity index is 2.51. The number of carbonyl (C=O) groups is 1. The van der Waals surface area contributed by atoms with Gasteiger partial charge < -0.3 is 15.5 Å². The molecule has 0 aromatic heterocycles. The Bertz CT molecular complexity index is 375. The van der Waals surface area contributed by atoms with Crippen LogP contribution >= 0.6 is 0 Å². The molecule has 3 N–H and O–H groups in total. The van der Waals surface area contributed by atoms with E-state index in [1.54, 1.807) is 12.1 Å². The SMILES string of the molecule is CCCC(NC(C)Cc1ccc(O)cc1)C(=O)O. The van der Waals surface area contributed by atoms with Crippen molar-refractivity contribution in [1.29, 1.82) is 0 Å². The lowest BCUT2D eigenvalue weighted by molar-refractivity contribution is -0.139. The van der Waals surface area contributed by atoms with Crippen molar-refractivity contribution in [3.8, 4) is 5.75 Å². The molecule has 4 heteroatoms. The Morgan fingerprint density at radius 2 is 1.94 bits per heavy atom. The van der Waals surface area contributed by atoms with E-state index < -0.39 is 12.0 Å². The number of carboxylic acid groups (broad SMARTS) is 1. The van der Waals surface area contributed by atoms with Crippen LogP contribution in [-0.2, 0) is 11.2 Å². The first-order valence-electron chi connectivity index (χ1n) is 6.29. The zero-order valence-electron chi connectivity index (χ0n) is 10.9. The largest absolute Gasteiger partial charge is 0.508 e. The molecule has 2 unspecified atom stereocenters. The monoisotopic (exact) mass is 251 g/mol. The smallest absolute Gasteiger partial charge is 0.320 e. The maximum absolute atomic E-state index is 11.0. The van der Waals surface area contributed by atoms with Crippen molar-refractivity contribution in [2.24, 2.45) is 0 Å². The number of benzene rings is 1. The van der Waals surface area contributed by atoms with Crippen LogP contribution in [0.3, 0.4) is 0 Å². The molecule has 0 radical (unpaired) electrons. The molecule has 0 spiro atoms. The lowest BCUT2D eigenvalue weighted by atomic mass is 10.0. The molecule has 0 aliphatic carbocycles. The van der Waals surface area contributed by atoms with Crippen molar-refractivity contribution < 1.29 is 15.0 Å². The number of carboxylic acids is 1. The van der Waals surface area contributed by atoms with E-state index in [2.05, 4.69) is 5.32 Å². The summed E-state index contributed by atoms with van der Waals surface area (Å²) < 4.78 is 0. The van der Waals surface area contributed by atoms with Crippen LogP contribution in [-0.4, -0.2) is 28.3 Å². The van der Waals surface area contributed by atoms with Gasteiger partial charge in [0.25, 0.3) is 0 Å². The third-order valence-electron chi connectivity index (χ3n) is 2.84. The van der Waals surface area contributed by atoms with Crippen LogP contribution in [0.15, 0.2) is 24.3 Å². The van der Waals surface area contributed by atoms with Gasteiger partial charge in [-0.15, -0.1) is 0 Å². The first kappa shape index (κ1) is 14.5. The lowest BCUT2D eigenvalue weighted by Gasteiger charge is -2.19. The van der Waals surface area contributed by atoms with Crippen molar-refractivity contribution >= 4 is 5.97 Å². The summed E-state index contributed by atoms with van der Waals surface area (Å²) in [7, 11) is 0. The minimum absolute atomic E-state index is 0.0854. The van der Waals surface area contributed by atoms with Gasteiger partial charge in [-0.1, -0.05) is 25.5 Å². The summed E-state index contributed by atoms with van der Waals surface area (Å²) in [5, 5.41) is 21.4. The molecule has 1 rings (SSSR count). The Morgan fingerprint density at radius 3 is 2.44 bits per heavy atom. The summed E-state index contributed by atoms with van der Waals surface area (Å²) >= 11 is 0. The molecule has 0 aliphatic rings. The highest BCUT2D eigenvalue weighted by Crippen LogP contribution is 2.11. The Morgan fingerprint density at radius 1 is 1.33 bits per heavy atom. The van der Waals surface area contributed by atoms with Gasteiger partial charge in [-0.2, -0.15) is 0 Å². The van der Waals surface area contributed by atoms with Crippen LogP contribution in [0.1, 0.15) is 32.3 Å². The summed E-state index contributed by atoms with van der Waals surface area (Å²) in [5.41, 5.74) is 1.08. The Kier molecular flexibility index (Phi) is 5.65. The molecule has 0 amide bonds. The molecule has 0 bridgehead atoms. The minimum Gasteiger partial charge on any atom is -0.508 e. The predicted octanol–water partition coefficient (Wildman–Crippen LogP) is 2.17. The molecule has 0 heterocycles.